The summed E-state index contributed by atoms with van der Waals surface area (Å²) in [7, 11) is 0. The van der Waals surface area contributed by atoms with E-state index < -0.39 is 0 Å². The quantitative estimate of drug-likeness (QED) is 0.271. The molecule has 2 aliphatic heterocycles. The number of para-hydroxylation sites is 2. The van der Waals surface area contributed by atoms with E-state index in [4.69, 9.17) is 0 Å². The van der Waals surface area contributed by atoms with Gasteiger partial charge in [0, 0.05) is 93.4 Å². The lowest BCUT2D eigenvalue weighted by Gasteiger charge is -2.37. The molecule has 4 aromatic carbocycles. The predicted octanol–water partition coefficient (Wildman–Crippen LogP) is 6.36. The minimum absolute atomic E-state index is 0.170. The van der Waals surface area contributed by atoms with Gasteiger partial charge in [0.2, 0.25) is 0 Å². The Morgan fingerprint density at radius 1 is 0.524 bits per heavy atom. The molecule has 1 N–H and O–H groups in total. The van der Waals surface area contributed by atoms with Crippen LogP contribution in [0.15, 0.2) is 103 Å². The summed E-state index contributed by atoms with van der Waals surface area (Å²) >= 11 is 0. The smallest absolute Gasteiger partial charge is 0.124 e. The molecule has 0 aromatic heterocycles. The Bertz CT molecular complexity index is 1340. The van der Waals surface area contributed by atoms with E-state index in [1.807, 2.05) is 0 Å². The van der Waals surface area contributed by atoms with Crippen LogP contribution in [0.2, 0.25) is 0 Å². The molecular weight excluding hydrogens is 516 g/mol. The Hall–Kier alpha value is -3.80. The summed E-state index contributed by atoms with van der Waals surface area (Å²) in [6, 6.07) is 36.7. The van der Waals surface area contributed by atoms with Gasteiger partial charge < -0.3 is 14.9 Å². The number of piperazine rings is 2. The average Bonchev–Trinajstić information content (AvgIpc) is 3.05. The first kappa shape index (κ1) is 28.3. The SMILES string of the molecule is CC(C)(c1ccccc1)c1cc(CN2CCN(c3ccccc3)CC2)c(O)c(CN2CCN(c3ccccc3)CC2)c1. The third kappa shape index (κ3) is 6.33. The van der Waals surface area contributed by atoms with Gasteiger partial charge in [-0.3, -0.25) is 9.80 Å². The molecule has 0 spiro atoms. The largest absolute Gasteiger partial charge is 0.507 e. The standard InChI is InChI=1S/C37H44N4O/c1-37(2,32-12-6-3-7-13-32)33-26-30(28-38-18-22-40(23-19-38)34-14-8-4-9-15-34)36(42)31(27-33)29-39-20-24-41(25-21-39)35-16-10-5-11-17-35/h3-17,26-27,42H,18-25,28-29H2,1-2H3. The third-order valence-corrected chi connectivity index (χ3v) is 9.26. The van der Waals surface area contributed by atoms with E-state index in [2.05, 4.69) is 137 Å². The first-order valence-electron chi connectivity index (χ1n) is 15.4. The predicted molar refractivity (Wildman–Crippen MR) is 175 cm³/mol. The first-order chi connectivity index (χ1) is 20.5. The van der Waals surface area contributed by atoms with Crippen LogP contribution < -0.4 is 9.80 Å². The molecule has 0 saturated carbocycles. The number of nitrogens with zero attached hydrogens (tertiary/aromatic N) is 4. The molecule has 6 rings (SSSR count). The van der Waals surface area contributed by atoms with Gasteiger partial charge in [0.15, 0.2) is 0 Å². The van der Waals surface area contributed by atoms with Crippen molar-refractivity contribution in [1.82, 2.24) is 9.80 Å². The van der Waals surface area contributed by atoms with E-state index in [0.29, 0.717) is 5.75 Å². The first-order valence-corrected chi connectivity index (χ1v) is 15.4. The number of phenols is 1. The third-order valence-electron chi connectivity index (χ3n) is 9.26. The van der Waals surface area contributed by atoms with E-state index in [-0.39, 0.29) is 5.41 Å². The maximum atomic E-state index is 11.7. The second-order valence-electron chi connectivity index (χ2n) is 12.3. The highest BCUT2D eigenvalue weighted by molar-refractivity contribution is 5.50. The average molecular weight is 561 g/mol. The fourth-order valence-electron chi connectivity index (χ4n) is 6.47. The fraction of sp³-hybridized carbons (Fsp3) is 0.351. The molecule has 2 fully saturated rings. The monoisotopic (exact) mass is 560 g/mol. The Morgan fingerprint density at radius 3 is 1.31 bits per heavy atom. The number of aromatic hydroxyl groups is 1. The van der Waals surface area contributed by atoms with E-state index in [0.717, 1.165) is 76.6 Å². The van der Waals surface area contributed by atoms with Crippen LogP contribution in [0.25, 0.3) is 0 Å². The lowest BCUT2D eigenvalue weighted by atomic mass is 9.77. The van der Waals surface area contributed by atoms with Gasteiger partial charge in [-0.05, 0) is 47.5 Å². The number of hydrogen-bond acceptors (Lipinski definition) is 5. The highest BCUT2D eigenvalue weighted by Gasteiger charge is 2.28. The van der Waals surface area contributed by atoms with Crippen molar-refractivity contribution < 1.29 is 5.11 Å². The molecule has 5 heteroatoms. The summed E-state index contributed by atoms with van der Waals surface area (Å²) in [4.78, 5) is 9.92. The van der Waals surface area contributed by atoms with Crippen LogP contribution in [0, 0.1) is 0 Å². The summed E-state index contributed by atoms with van der Waals surface area (Å²) in [5.74, 6) is 0.471. The topological polar surface area (TPSA) is 33.2 Å². The van der Waals surface area contributed by atoms with Crippen LogP contribution >= 0.6 is 0 Å². The Labute approximate surface area is 251 Å². The van der Waals surface area contributed by atoms with Crippen LogP contribution in [-0.4, -0.2) is 67.3 Å². The zero-order chi connectivity index (χ0) is 28.9. The minimum Gasteiger partial charge on any atom is -0.507 e. The Kier molecular flexibility index (Phi) is 8.50. The van der Waals surface area contributed by atoms with Gasteiger partial charge in [-0.25, -0.2) is 0 Å². The molecule has 0 bridgehead atoms. The minimum atomic E-state index is -0.170. The number of anilines is 2. The molecule has 0 radical (unpaired) electrons. The molecule has 4 aromatic rings. The normalized spacial score (nSPS) is 17.0. The van der Waals surface area contributed by atoms with Crippen molar-refractivity contribution >= 4 is 11.4 Å². The molecule has 2 aliphatic rings. The molecule has 5 nitrogen and oxygen atoms in total. The lowest BCUT2D eigenvalue weighted by Crippen LogP contribution is -2.46. The van der Waals surface area contributed by atoms with Gasteiger partial charge in [0.05, 0.1) is 0 Å². The second-order valence-corrected chi connectivity index (χ2v) is 12.3. The fourth-order valence-corrected chi connectivity index (χ4v) is 6.47. The molecule has 2 heterocycles. The Balaban J connectivity index is 1.21. The maximum absolute atomic E-state index is 11.7. The number of rotatable bonds is 8. The molecular formula is C37H44N4O. The highest BCUT2D eigenvalue weighted by Crippen LogP contribution is 2.37. The van der Waals surface area contributed by atoms with E-state index in [9.17, 15) is 5.11 Å². The van der Waals surface area contributed by atoms with Crippen LogP contribution in [0.5, 0.6) is 5.75 Å². The van der Waals surface area contributed by atoms with Gasteiger partial charge in [0.25, 0.3) is 0 Å². The van der Waals surface area contributed by atoms with Gasteiger partial charge >= 0.3 is 0 Å². The zero-order valence-electron chi connectivity index (χ0n) is 25.1. The molecule has 0 aliphatic carbocycles. The second kappa shape index (κ2) is 12.6. The van der Waals surface area contributed by atoms with Crippen molar-refractivity contribution in [2.24, 2.45) is 0 Å². The summed E-state index contributed by atoms with van der Waals surface area (Å²) in [5.41, 5.74) is 7.06. The van der Waals surface area contributed by atoms with Crippen LogP contribution in [0.4, 0.5) is 11.4 Å². The van der Waals surface area contributed by atoms with Crippen molar-refractivity contribution in [3.8, 4) is 5.75 Å². The molecule has 0 atom stereocenters. The van der Waals surface area contributed by atoms with Crippen molar-refractivity contribution in [3.05, 3.63) is 125 Å². The zero-order valence-corrected chi connectivity index (χ0v) is 25.1. The van der Waals surface area contributed by atoms with E-state index >= 15 is 0 Å². The van der Waals surface area contributed by atoms with Crippen molar-refractivity contribution in [3.63, 3.8) is 0 Å². The lowest BCUT2D eigenvalue weighted by molar-refractivity contribution is 0.239. The molecule has 0 amide bonds. The molecule has 42 heavy (non-hydrogen) atoms. The van der Waals surface area contributed by atoms with Crippen LogP contribution in [0.3, 0.4) is 0 Å². The Morgan fingerprint density at radius 2 is 0.905 bits per heavy atom. The highest BCUT2D eigenvalue weighted by atomic mass is 16.3. The number of hydrogen-bond donors (Lipinski definition) is 1. The van der Waals surface area contributed by atoms with Gasteiger partial charge in [-0.1, -0.05) is 80.6 Å². The summed E-state index contributed by atoms with van der Waals surface area (Å²) in [5, 5.41) is 11.7. The van der Waals surface area contributed by atoms with Crippen LogP contribution in [0.1, 0.15) is 36.1 Å². The van der Waals surface area contributed by atoms with Gasteiger partial charge in [-0.2, -0.15) is 0 Å². The van der Waals surface area contributed by atoms with Gasteiger partial charge in [0.1, 0.15) is 5.75 Å². The molecule has 2 saturated heterocycles. The number of benzene rings is 4. The van der Waals surface area contributed by atoms with Gasteiger partial charge in [-0.15, -0.1) is 0 Å². The van der Waals surface area contributed by atoms with Crippen molar-refractivity contribution in [2.75, 3.05) is 62.2 Å². The van der Waals surface area contributed by atoms with E-state index in [1.54, 1.807) is 0 Å². The maximum Gasteiger partial charge on any atom is 0.124 e. The van der Waals surface area contributed by atoms with E-state index in [1.165, 1.54) is 22.5 Å². The summed E-state index contributed by atoms with van der Waals surface area (Å²) < 4.78 is 0. The summed E-state index contributed by atoms with van der Waals surface area (Å²) in [6.07, 6.45) is 0. The molecule has 0 unspecified atom stereocenters. The van der Waals surface area contributed by atoms with Crippen LogP contribution in [-0.2, 0) is 18.5 Å². The van der Waals surface area contributed by atoms with Crippen molar-refractivity contribution in [1.29, 1.82) is 0 Å². The van der Waals surface area contributed by atoms with Crippen molar-refractivity contribution in [2.45, 2.75) is 32.4 Å². The number of phenolic OH excluding ortho intramolecular Hbond substituents is 1. The molecule has 218 valence electrons. The summed E-state index contributed by atoms with van der Waals surface area (Å²) in [6.45, 7) is 14.1.